The van der Waals surface area contributed by atoms with E-state index in [1.807, 2.05) is 0 Å². The minimum Gasteiger partial charge on any atom is -0.379 e. The van der Waals surface area contributed by atoms with Crippen molar-refractivity contribution in [3.05, 3.63) is 56.0 Å². The molecular weight excluding hydrogens is 410 g/mol. The largest absolute Gasteiger partial charge is 0.379 e. The highest BCUT2D eigenvalue weighted by Crippen LogP contribution is 2.28. The van der Waals surface area contributed by atoms with Gasteiger partial charge in [0.15, 0.2) is 0 Å². The maximum Gasteiger partial charge on any atom is 0.292 e. The van der Waals surface area contributed by atoms with E-state index < -0.39 is 10.5 Å². The van der Waals surface area contributed by atoms with E-state index in [4.69, 9.17) is 16.3 Å². The number of non-ortho nitro benzene ring substituents is 1. The lowest BCUT2D eigenvalue weighted by molar-refractivity contribution is -0.384. The zero-order valence-corrected chi connectivity index (χ0v) is 17.3. The molecule has 0 aliphatic carbocycles. The van der Waals surface area contributed by atoms with Crippen LogP contribution in [0.4, 0.5) is 11.4 Å². The lowest BCUT2D eigenvalue weighted by atomic mass is 9.97. The molecule has 4 rings (SSSR count). The summed E-state index contributed by atoms with van der Waals surface area (Å²) < 4.78 is 6.60. The highest BCUT2D eigenvalue weighted by molar-refractivity contribution is 6.33. The summed E-state index contributed by atoms with van der Waals surface area (Å²) in [5, 5.41) is 15.2. The fourth-order valence-corrected chi connectivity index (χ4v) is 4.37. The number of morpholine rings is 1. The van der Waals surface area contributed by atoms with Gasteiger partial charge in [0.1, 0.15) is 5.02 Å². The smallest absolute Gasteiger partial charge is 0.292 e. The second-order valence-corrected chi connectivity index (χ2v) is 8.08. The van der Waals surface area contributed by atoms with Crippen LogP contribution in [0, 0.1) is 16.0 Å². The first-order chi connectivity index (χ1) is 14.5. The second kappa shape index (κ2) is 9.11. The Morgan fingerprint density at radius 3 is 2.63 bits per heavy atom. The SMILES string of the molecule is O=c1c(Cl)c(N2CCCC(CN3CCOCC3)C2)cnn1-c1ccc([N+](=O)[O-])cc1. The third-order valence-electron chi connectivity index (χ3n) is 5.69. The van der Waals surface area contributed by atoms with Gasteiger partial charge in [-0.05, 0) is 30.9 Å². The minimum absolute atomic E-state index is 0.0471. The molecule has 2 aromatic rings. The van der Waals surface area contributed by atoms with Crippen molar-refractivity contribution < 1.29 is 9.66 Å². The van der Waals surface area contributed by atoms with Gasteiger partial charge in [0.05, 0.1) is 35.7 Å². The maximum absolute atomic E-state index is 12.8. The monoisotopic (exact) mass is 433 g/mol. The molecule has 1 atom stereocenters. The first kappa shape index (κ1) is 20.8. The number of nitro groups is 1. The lowest BCUT2D eigenvalue weighted by Gasteiger charge is -2.37. The summed E-state index contributed by atoms with van der Waals surface area (Å²) in [6.07, 6.45) is 3.80. The zero-order valence-electron chi connectivity index (χ0n) is 16.6. The van der Waals surface area contributed by atoms with Crippen LogP contribution < -0.4 is 10.5 Å². The van der Waals surface area contributed by atoms with Crippen molar-refractivity contribution in [1.82, 2.24) is 14.7 Å². The van der Waals surface area contributed by atoms with E-state index in [0.717, 1.165) is 58.8 Å². The molecule has 0 amide bonds. The van der Waals surface area contributed by atoms with E-state index in [-0.39, 0.29) is 10.7 Å². The zero-order chi connectivity index (χ0) is 21.1. The fraction of sp³-hybridized carbons (Fsp3) is 0.500. The predicted molar refractivity (Wildman–Crippen MR) is 114 cm³/mol. The summed E-state index contributed by atoms with van der Waals surface area (Å²) in [7, 11) is 0. The molecule has 0 radical (unpaired) electrons. The number of piperidine rings is 1. The third kappa shape index (κ3) is 4.48. The van der Waals surface area contributed by atoms with Crippen molar-refractivity contribution in [3.8, 4) is 5.69 Å². The Bertz CT molecular complexity index is 959. The van der Waals surface area contributed by atoms with Crippen LogP contribution in [0.5, 0.6) is 0 Å². The van der Waals surface area contributed by atoms with Crippen LogP contribution in [0.25, 0.3) is 5.69 Å². The summed E-state index contributed by atoms with van der Waals surface area (Å²) in [4.78, 5) is 27.8. The summed E-state index contributed by atoms with van der Waals surface area (Å²) in [6.45, 7) is 6.18. The van der Waals surface area contributed by atoms with Gasteiger partial charge >= 0.3 is 0 Å². The van der Waals surface area contributed by atoms with Gasteiger partial charge in [-0.25, -0.2) is 0 Å². The lowest BCUT2D eigenvalue weighted by Crippen LogP contribution is -2.45. The molecule has 1 unspecified atom stereocenters. The second-order valence-electron chi connectivity index (χ2n) is 7.70. The number of benzene rings is 1. The van der Waals surface area contributed by atoms with Crippen molar-refractivity contribution in [1.29, 1.82) is 0 Å². The van der Waals surface area contributed by atoms with Crippen LogP contribution in [0.1, 0.15) is 12.8 Å². The summed E-state index contributed by atoms with van der Waals surface area (Å²) in [6, 6.07) is 5.65. The van der Waals surface area contributed by atoms with Crippen molar-refractivity contribution in [2.75, 3.05) is 50.8 Å². The molecule has 0 saturated carbocycles. The molecular formula is C20H24ClN5O4. The summed E-state index contributed by atoms with van der Waals surface area (Å²) in [5.41, 5.74) is 0.599. The topological polar surface area (TPSA) is 93.7 Å². The number of aromatic nitrogens is 2. The molecule has 2 aliphatic rings. The quantitative estimate of drug-likeness (QED) is 0.527. The van der Waals surface area contributed by atoms with Crippen LogP contribution in [0.2, 0.25) is 5.02 Å². The van der Waals surface area contributed by atoms with E-state index in [0.29, 0.717) is 17.3 Å². The van der Waals surface area contributed by atoms with Crippen LogP contribution in [0.15, 0.2) is 35.3 Å². The fourth-order valence-electron chi connectivity index (χ4n) is 4.13. The molecule has 160 valence electrons. The first-order valence-corrected chi connectivity index (χ1v) is 10.5. The van der Waals surface area contributed by atoms with Gasteiger partial charge in [-0.1, -0.05) is 11.6 Å². The molecule has 2 saturated heterocycles. The molecule has 1 aromatic heterocycles. The Hall–Kier alpha value is -2.49. The van der Waals surface area contributed by atoms with Crippen LogP contribution in [0.3, 0.4) is 0 Å². The van der Waals surface area contributed by atoms with E-state index >= 15 is 0 Å². The first-order valence-electron chi connectivity index (χ1n) is 10.1. The van der Waals surface area contributed by atoms with Crippen LogP contribution in [-0.2, 0) is 4.74 Å². The number of nitro benzene ring substituents is 1. The number of hydrogen-bond donors (Lipinski definition) is 0. The Kier molecular flexibility index (Phi) is 6.31. The summed E-state index contributed by atoms with van der Waals surface area (Å²) >= 11 is 6.45. The van der Waals surface area contributed by atoms with E-state index in [1.165, 1.54) is 28.9 Å². The molecule has 1 aromatic carbocycles. The van der Waals surface area contributed by atoms with Crippen molar-refractivity contribution in [2.24, 2.45) is 5.92 Å². The van der Waals surface area contributed by atoms with E-state index in [1.54, 1.807) is 6.20 Å². The summed E-state index contributed by atoms with van der Waals surface area (Å²) in [5.74, 6) is 0.505. The van der Waals surface area contributed by atoms with Gasteiger partial charge in [0.25, 0.3) is 11.2 Å². The average Bonchev–Trinajstić information content (AvgIpc) is 2.76. The standard InChI is InChI=1S/C20H24ClN5O4/c21-19-18(24-7-1-2-15(14-24)13-23-8-10-30-11-9-23)12-22-25(20(19)27)16-3-5-17(6-4-16)26(28)29/h3-6,12,15H,1-2,7-11,13-14H2. The number of hydrogen-bond acceptors (Lipinski definition) is 7. The Morgan fingerprint density at radius 1 is 1.20 bits per heavy atom. The molecule has 2 fully saturated rings. The molecule has 10 heteroatoms. The van der Waals surface area contributed by atoms with Crippen LogP contribution in [-0.4, -0.2) is 65.5 Å². The van der Waals surface area contributed by atoms with Gasteiger partial charge < -0.3 is 9.64 Å². The van der Waals surface area contributed by atoms with Crippen LogP contribution >= 0.6 is 11.6 Å². The Balaban J connectivity index is 1.51. The minimum atomic E-state index is -0.486. The van der Waals surface area contributed by atoms with Gasteiger partial charge in [-0.2, -0.15) is 9.78 Å². The molecule has 9 nitrogen and oxygen atoms in total. The van der Waals surface area contributed by atoms with Gasteiger partial charge in [-0.15, -0.1) is 0 Å². The molecule has 0 N–H and O–H groups in total. The van der Waals surface area contributed by atoms with Gasteiger partial charge in [0.2, 0.25) is 0 Å². The third-order valence-corrected chi connectivity index (χ3v) is 6.04. The van der Waals surface area contributed by atoms with Crippen molar-refractivity contribution in [3.63, 3.8) is 0 Å². The molecule has 3 heterocycles. The maximum atomic E-state index is 12.8. The molecule has 2 aliphatic heterocycles. The Labute approximate surface area is 178 Å². The normalized spacial score (nSPS) is 20.3. The highest BCUT2D eigenvalue weighted by Gasteiger charge is 2.26. The van der Waals surface area contributed by atoms with Crippen molar-refractivity contribution >= 4 is 23.0 Å². The Morgan fingerprint density at radius 2 is 1.93 bits per heavy atom. The number of nitrogens with zero attached hydrogens (tertiary/aromatic N) is 5. The van der Waals surface area contributed by atoms with Gasteiger partial charge in [-0.3, -0.25) is 19.8 Å². The number of anilines is 1. The predicted octanol–water partition coefficient (Wildman–Crippen LogP) is 2.34. The van der Waals surface area contributed by atoms with Crippen molar-refractivity contribution in [2.45, 2.75) is 12.8 Å². The number of ether oxygens (including phenoxy) is 1. The number of rotatable bonds is 5. The molecule has 0 spiro atoms. The average molecular weight is 434 g/mol. The van der Waals surface area contributed by atoms with E-state index in [2.05, 4.69) is 14.9 Å². The molecule has 30 heavy (non-hydrogen) atoms. The van der Waals surface area contributed by atoms with Gasteiger partial charge in [0, 0.05) is 44.9 Å². The molecule has 0 bridgehead atoms. The highest BCUT2D eigenvalue weighted by atomic mass is 35.5. The van der Waals surface area contributed by atoms with E-state index in [9.17, 15) is 14.9 Å². The number of halogens is 1.